The number of alkyl halides is 1. The molecule has 0 amide bonds. The smallest absolute Gasteiger partial charge is 0.315 e. The van der Waals surface area contributed by atoms with Crippen LogP contribution in [0, 0.1) is 0 Å². The first-order valence-corrected chi connectivity index (χ1v) is 4.78. The molecule has 0 aliphatic heterocycles. The number of anilines is 1. The molecule has 0 saturated heterocycles. The summed E-state index contributed by atoms with van der Waals surface area (Å²) in [5.74, 6) is 1.37. The van der Waals surface area contributed by atoms with Crippen LogP contribution in [-0.2, 0) is 19.5 Å². The van der Waals surface area contributed by atoms with Crippen LogP contribution in [0.3, 0.4) is 0 Å². The van der Waals surface area contributed by atoms with Gasteiger partial charge in [0.2, 0.25) is 5.89 Å². The van der Waals surface area contributed by atoms with Crippen molar-refractivity contribution in [3.05, 3.63) is 18.0 Å². The molecule has 0 fully saturated rings. The predicted octanol–water partition coefficient (Wildman–Crippen LogP) is 0.549. The Labute approximate surface area is 90.5 Å². The molecule has 0 radical (unpaired) electrons. The topological polar surface area (TPSA) is 81.7 Å². The Morgan fingerprint density at radius 1 is 1.53 bits per heavy atom. The van der Waals surface area contributed by atoms with Crippen molar-refractivity contribution in [1.29, 1.82) is 0 Å². The predicted molar refractivity (Wildman–Crippen MR) is 52.2 cm³/mol. The highest BCUT2D eigenvalue weighted by Crippen LogP contribution is 2.08. The Morgan fingerprint density at radius 3 is 3.00 bits per heavy atom. The van der Waals surface area contributed by atoms with Crippen LogP contribution >= 0.6 is 11.6 Å². The van der Waals surface area contributed by atoms with E-state index in [1.54, 1.807) is 4.68 Å². The summed E-state index contributed by atoms with van der Waals surface area (Å²) < 4.78 is 6.81. The van der Waals surface area contributed by atoms with Gasteiger partial charge in [-0.1, -0.05) is 5.10 Å². The van der Waals surface area contributed by atoms with E-state index in [9.17, 15) is 0 Å². The van der Waals surface area contributed by atoms with Crippen LogP contribution in [0.2, 0.25) is 0 Å². The number of nitrogens with one attached hydrogen (secondary N) is 1. The van der Waals surface area contributed by atoms with Gasteiger partial charge in [-0.25, -0.2) is 4.98 Å². The second-order valence-electron chi connectivity index (χ2n) is 2.79. The van der Waals surface area contributed by atoms with Crippen LogP contribution in [0.4, 0.5) is 6.01 Å². The molecule has 0 bridgehead atoms. The Morgan fingerprint density at radius 2 is 2.40 bits per heavy atom. The van der Waals surface area contributed by atoms with E-state index in [1.165, 1.54) is 6.33 Å². The number of rotatable bonds is 4. The zero-order chi connectivity index (χ0) is 10.7. The van der Waals surface area contributed by atoms with E-state index in [0.29, 0.717) is 18.5 Å². The molecule has 2 aromatic heterocycles. The van der Waals surface area contributed by atoms with Gasteiger partial charge in [0.1, 0.15) is 18.0 Å². The zero-order valence-electron chi connectivity index (χ0n) is 8.01. The van der Waals surface area contributed by atoms with Gasteiger partial charge < -0.3 is 9.73 Å². The molecule has 0 unspecified atom stereocenters. The van der Waals surface area contributed by atoms with E-state index in [1.807, 2.05) is 7.05 Å². The maximum Gasteiger partial charge on any atom is 0.315 e. The van der Waals surface area contributed by atoms with E-state index < -0.39 is 0 Å². The second-order valence-corrected chi connectivity index (χ2v) is 3.06. The number of halogens is 1. The number of aromatic nitrogens is 5. The van der Waals surface area contributed by atoms with Crippen LogP contribution in [0.15, 0.2) is 10.7 Å². The maximum absolute atomic E-state index is 5.51. The first-order valence-electron chi connectivity index (χ1n) is 4.24. The second kappa shape index (κ2) is 4.26. The molecule has 0 spiro atoms. The van der Waals surface area contributed by atoms with Crippen molar-refractivity contribution in [1.82, 2.24) is 25.0 Å². The van der Waals surface area contributed by atoms with Gasteiger partial charge in [0.15, 0.2) is 0 Å². The van der Waals surface area contributed by atoms with E-state index in [2.05, 4.69) is 25.6 Å². The summed E-state index contributed by atoms with van der Waals surface area (Å²) >= 11 is 5.51. The van der Waals surface area contributed by atoms with Gasteiger partial charge in [-0.2, -0.15) is 5.10 Å². The molecule has 0 aliphatic carbocycles. The summed E-state index contributed by atoms with van der Waals surface area (Å²) in [6.45, 7) is 0.473. The van der Waals surface area contributed by atoms with Crippen molar-refractivity contribution in [2.45, 2.75) is 12.4 Å². The van der Waals surface area contributed by atoms with Crippen molar-refractivity contribution < 1.29 is 4.42 Å². The average Bonchev–Trinajstić information content (AvgIpc) is 2.84. The molecule has 2 rings (SSSR count). The van der Waals surface area contributed by atoms with Gasteiger partial charge in [-0.05, 0) is 0 Å². The van der Waals surface area contributed by atoms with Gasteiger partial charge in [0.05, 0.1) is 6.54 Å². The highest BCUT2D eigenvalue weighted by molar-refractivity contribution is 6.16. The summed E-state index contributed by atoms with van der Waals surface area (Å²) in [6, 6.07) is 0.327. The quantitative estimate of drug-likeness (QED) is 0.770. The lowest BCUT2D eigenvalue weighted by Gasteiger charge is -1.99. The van der Waals surface area contributed by atoms with Crippen LogP contribution < -0.4 is 5.32 Å². The fourth-order valence-corrected chi connectivity index (χ4v) is 1.12. The van der Waals surface area contributed by atoms with Gasteiger partial charge in [0, 0.05) is 7.05 Å². The lowest BCUT2D eigenvalue weighted by Crippen LogP contribution is -2.06. The van der Waals surface area contributed by atoms with Gasteiger partial charge in [-0.3, -0.25) is 4.68 Å². The lowest BCUT2D eigenvalue weighted by molar-refractivity contribution is 0.523. The standard InChI is InChI=1S/C7H9ClN6O/c1-14-5(10-4-11-14)3-9-7-13-12-6(2-8)15-7/h4H,2-3H2,1H3,(H,9,13). The fraction of sp³-hybridized carbons (Fsp3) is 0.429. The minimum absolute atomic E-state index is 0.207. The zero-order valence-corrected chi connectivity index (χ0v) is 8.77. The molecule has 15 heavy (non-hydrogen) atoms. The van der Waals surface area contributed by atoms with Crippen LogP contribution in [0.25, 0.3) is 0 Å². The van der Waals surface area contributed by atoms with Gasteiger partial charge >= 0.3 is 6.01 Å². The fourth-order valence-electron chi connectivity index (χ4n) is 1.01. The SMILES string of the molecule is Cn1ncnc1CNc1nnc(CCl)o1. The Balaban J connectivity index is 1.96. The normalized spacial score (nSPS) is 10.5. The third-order valence-corrected chi connectivity index (χ3v) is 2.01. The summed E-state index contributed by atoms with van der Waals surface area (Å²) in [7, 11) is 1.81. The van der Waals surface area contributed by atoms with Crippen molar-refractivity contribution in [3.8, 4) is 0 Å². The van der Waals surface area contributed by atoms with Gasteiger partial charge in [0.25, 0.3) is 0 Å². The van der Waals surface area contributed by atoms with E-state index in [0.717, 1.165) is 5.82 Å². The molecule has 1 N–H and O–H groups in total. The summed E-state index contributed by atoms with van der Waals surface area (Å²) in [5.41, 5.74) is 0. The first-order chi connectivity index (χ1) is 7.29. The molecule has 0 atom stereocenters. The average molecular weight is 229 g/mol. The summed E-state index contributed by atoms with van der Waals surface area (Å²) in [4.78, 5) is 4.03. The maximum atomic E-state index is 5.51. The molecular weight excluding hydrogens is 220 g/mol. The monoisotopic (exact) mass is 228 g/mol. The molecule has 2 aromatic rings. The lowest BCUT2D eigenvalue weighted by atomic mass is 10.6. The first kappa shape index (κ1) is 9.91. The minimum atomic E-state index is 0.207. The molecule has 0 saturated carbocycles. The minimum Gasteiger partial charge on any atom is -0.407 e. The third-order valence-electron chi connectivity index (χ3n) is 1.78. The number of hydrogen-bond acceptors (Lipinski definition) is 6. The highest BCUT2D eigenvalue weighted by atomic mass is 35.5. The van der Waals surface area contributed by atoms with E-state index >= 15 is 0 Å². The number of aryl methyl sites for hydroxylation is 1. The largest absolute Gasteiger partial charge is 0.407 e. The Hall–Kier alpha value is -1.63. The molecule has 80 valence electrons. The van der Waals surface area contributed by atoms with E-state index in [4.69, 9.17) is 16.0 Å². The Bertz CT molecular complexity index is 438. The van der Waals surface area contributed by atoms with Crippen LogP contribution in [0.5, 0.6) is 0 Å². The molecule has 7 nitrogen and oxygen atoms in total. The van der Waals surface area contributed by atoms with Crippen molar-refractivity contribution >= 4 is 17.6 Å². The third kappa shape index (κ3) is 2.24. The summed E-state index contributed by atoms with van der Waals surface area (Å²) in [5, 5.41) is 14.3. The molecule has 2 heterocycles. The molecule has 0 aliphatic rings. The number of nitrogens with zero attached hydrogens (tertiary/aromatic N) is 5. The molecule has 0 aromatic carbocycles. The molecule has 8 heteroatoms. The molecular formula is C7H9ClN6O. The van der Waals surface area contributed by atoms with Crippen molar-refractivity contribution in [2.24, 2.45) is 7.05 Å². The van der Waals surface area contributed by atoms with Gasteiger partial charge in [-0.15, -0.1) is 16.7 Å². The van der Waals surface area contributed by atoms with Crippen molar-refractivity contribution in [2.75, 3.05) is 5.32 Å². The summed E-state index contributed by atoms with van der Waals surface area (Å²) in [6.07, 6.45) is 1.48. The van der Waals surface area contributed by atoms with Crippen molar-refractivity contribution in [3.63, 3.8) is 0 Å². The Kier molecular flexibility index (Phi) is 2.82. The van der Waals surface area contributed by atoms with Crippen LogP contribution in [-0.4, -0.2) is 25.0 Å². The van der Waals surface area contributed by atoms with E-state index in [-0.39, 0.29) is 5.88 Å². The number of hydrogen-bond donors (Lipinski definition) is 1. The van der Waals surface area contributed by atoms with Crippen LogP contribution in [0.1, 0.15) is 11.7 Å². The highest BCUT2D eigenvalue weighted by Gasteiger charge is 2.05.